The van der Waals surface area contributed by atoms with Crippen molar-refractivity contribution in [3.8, 4) is 0 Å². The average Bonchev–Trinajstić information content (AvgIpc) is 3.26. The lowest BCUT2D eigenvalue weighted by Gasteiger charge is -2.30. The molecule has 2 aromatic rings. The van der Waals surface area contributed by atoms with E-state index in [1.54, 1.807) is 18.3 Å². The number of para-hydroxylation sites is 1. The van der Waals surface area contributed by atoms with E-state index >= 15 is 0 Å². The van der Waals surface area contributed by atoms with Crippen molar-refractivity contribution in [1.29, 1.82) is 0 Å². The van der Waals surface area contributed by atoms with E-state index in [9.17, 15) is 19.2 Å². The summed E-state index contributed by atoms with van der Waals surface area (Å²) in [6, 6.07) is 11.4. The molecule has 2 aliphatic rings. The number of amides is 3. The van der Waals surface area contributed by atoms with Gasteiger partial charge in [0.15, 0.2) is 11.1 Å². The highest BCUT2D eigenvalue weighted by Crippen LogP contribution is 2.39. The number of halogens is 1. The van der Waals surface area contributed by atoms with Crippen LogP contribution in [0.2, 0.25) is 0 Å². The predicted octanol–water partition coefficient (Wildman–Crippen LogP) is 0.650. The van der Waals surface area contributed by atoms with E-state index in [0.717, 1.165) is 16.2 Å². The van der Waals surface area contributed by atoms with Crippen molar-refractivity contribution in [2.45, 2.75) is 30.3 Å². The Morgan fingerprint density at radius 2 is 1.69 bits per heavy atom. The molecule has 2 heterocycles. The summed E-state index contributed by atoms with van der Waals surface area (Å²) in [7, 11) is 1.20. The number of imide groups is 1. The fraction of sp³-hybridized carbons (Fsp3) is 0.261. The quantitative estimate of drug-likeness (QED) is 0.378. The molecule has 0 aliphatic carbocycles. The van der Waals surface area contributed by atoms with Gasteiger partial charge in [0.1, 0.15) is 12.1 Å². The second-order valence-corrected chi connectivity index (χ2v) is 8.37. The summed E-state index contributed by atoms with van der Waals surface area (Å²) in [4.78, 5) is 54.2. The van der Waals surface area contributed by atoms with Crippen LogP contribution in [-0.4, -0.2) is 54.0 Å². The molecule has 3 atom stereocenters. The van der Waals surface area contributed by atoms with Crippen LogP contribution in [0.1, 0.15) is 39.6 Å². The molecule has 3 amide bonds. The molecule has 8 nitrogen and oxygen atoms in total. The highest BCUT2D eigenvalue weighted by Gasteiger charge is 2.49. The van der Waals surface area contributed by atoms with Gasteiger partial charge in [-0.3, -0.25) is 19.3 Å². The zero-order valence-corrected chi connectivity index (χ0v) is 18.2. The summed E-state index contributed by atoms with van der Waals surface area (Å²) < 4.78 is 4.67. The van der Waals surface area contributed by atoms with Crippen molar-refractivity contribution in [3.05, 3.63) is 65.2 Å². The van der Waals surface area contributed by atoms with E-state index in [1.807, 2.05) is 24.3 Å². The second kappa shape index (κ2) is 8.20. The summed E-state index contributed by atoms with van der Waals surface area (Å²) in [5, 5.41) is 2.54. The van der Waals surface area contributed by atoms with Gasteiger partial charge in [0.05, 0.1) is 23.8 Å². The molecule has 4 rings (SSSR count). The van der Waals surface area contributed by atoms with Crippen LogP contribution in [0.25, 0.3) is 0 Å². The maximum atomic E-state index is 13.3. The molecular weight excluding hydrogens is 434 g/mol. The Morgan fingerprint density at radius 1 is 1.09 bits per heavy atom. The van der Waals surface area contributed by atoms with Crippen molar-refractivity contribution < 1.29 is 28.9 Å². The van der Waals surface area contributed by atoms with Gasteiger partial charge in [-0.25, -0.2) is 9.79 Å². The summed E-state index contributed by atoms with van der Waals surface area (Å²) in [6.07, 6.45) is 1.53. The minimum atomic E-state index is -1.27. The van der Waals surface area contributed by atoms with Crippen LogP contribution in [0.4, 0.5) is 5.69 Å². The lowest BCUT2D eigenvalue weighted by Crippen LogP contribution is -2.61. The lowest BCUT2D eigenvalue weighted by molar-refractivity contribution is -0.344. The topological polar surface area (TPSA) is 107 Å². The summed E-state index contributed by atoms with van der Waals surface area (Å²) in [5.74, 6) is -2.51. The molecule has 2 N–H and O–H groups in total. The van der Waals surface area contributed by atoms with Gasteiger partial charge in [0, 0.05) is 12.5 Å². The molecule has 2 aromatic carbocycles. The maximum Gasteiger partial charge on any atom is 0.328 e. The number of hydrogen-bond donors (Lipinski definition) is 2. The molecule has 9 heteroatoms. The zero-order chi connectivity index (χ0) is 23.0. The van der Waals surface area contributed by atoms with E-state index in [1.165, 1.54) is 26.2 Å². The fourth-order valence-corrected chi connectivity index (χ4v) is 4.39. The van der Waals surface area contributed by atoms with Gasteiger partial charge < -0.3 is 10.1 Å². The molecule has 164 valence electrons. The van der Waals surface area contributed by atoms with Crippen LogP contribution in [0, 0.1) is 0 Å². The smallest absolute Gasteiger partial charge is 0.328 e. The van der Waals surface area contributed by atoms with Crippen molar-refractivity contribution in [2.75, 3.05) is 7.11 Å². The van der Waals surface area contributed by atoms with Crippen LogP contribution in [0.5, 0.6) is 0 Å². The number of carbonyl (C=O) groups excluding carboxylic acids is 4. The van der Waals surface area contributed by atoms with Crippen molar-refractivity contribution >= 4 is 47.2 Å². The molecule has 0 spiro atoms. The molecule has 32 heavy (non-hydrogen) atoms. The Kier molecular flexibility index (Phi) is 5.56. The highest BCUT2D eigenvalue weighted by molar-refractivity contribution is 6.33. The average molecular weight is 455 g/mol. The first-order chi connectivity index (χ1) is 15.3. The van der Waals surface area contributed by atoms with Gasteiger partial charge in [-0.2, -0.15) is 0 Å². The molecular formula is C23H21ClN3O5+. The molecule has 0 saturated carbocycles. The minimum absolute atomic E-state index is 0.0935. The van der Waals surface area contributed by atoms with E-state index in [-0.39, 0.29) is 17.5 Å². The molecule has 0 fully saturated rings. The molecule has 0 bridgehead atoms. The van der Waals surface area contributed by atoms with E-state index in [4.69, 9.17) is 11.6 Å². The third-order valence-electron chi connectivity index (χ3n) is 5.67. The first-order valence-electron chi connectivity index (χ1n) is 10.0. The fourth-order valence-electron chi connectivity index (χ4n) is 4.03. The second-order valence-electron chi connectivity index (χ2n) is 7.70. The zero-order valence-electron chi connectivity index (χ0n) is 17.4. The Balaban J connectivity index is 1.71. The molecule has 1 unspecified atom stereocenters. The molecule has 0 saturated heterocycles. The number of esters is 1. The van der Waals surface area contributed by atoms with Crippen LogP contribution in [-0.2, 0) is 19.2 Å². The predicted molar refractivity (Wildman–Crippen MR) is 116 cm³/mol. The Morgan fingerprint density at radius 3 is 2.31 bits per heavy atom. The number of carbonyl (C=O) groups is 4. The number of methoxy groups -OCH3 is 1. The van der Waals surface area contributed by atoms with Crippen molar-refractivity contribution in [1.82, 2.24) is 10.2 Å². The number of alkyl halides is 1. The number of nitrogens with zero attached hydrogens (tertiary/aromatic N) is 1. The maximum absolute atomic E-state index is 13.3. The van der Waals surface area contributed by atoms with Gasteiger partial charge in [0.2, 0.25) is 11.6 Å². The number of ether oxygens (including phenoxy) is 1. The summed E-state index contributed by atoms with van der Waals surface area (Å²) >= 11 is 6.91. The Labute approximate surface area is 189 Å². The molecule has 0 radical (unpaired) electrons. The standard InChI is InChI=1S/C23H20ClN3O5/c1-13(22(31)32-2)26-19(28)18(11-23(24)12-25-17-10-6-5-9-16(17)23)27-20(29)14-7-3-4-8-15(14)21(27)30/h3-10,12-13,18H,11H2,1-2H3,(H,26,28)/p+1/t13-,18+,23?/m0/s1. The van der Waals surface area contributed by atoms with E-state index in [2.05, 4.69) is 15.0 Å². The van der Waals surface area contributed by atoms with Gasteiger partial charge in [0.25, 0.3) is 11.8 Å². The van der Waals surface area contributed by atoms with E-state index in [0.29, 0.717) is 0 Å². The van der Waals surface area contributed by atoms with Crippen LogP contribution < -0.4 is 10.3 Å². The van der Waals surface area contributed by atoms with Gasteiger partial charge in [-0.1, -0.05) is 30.3 Å². The van der Waals surface area contributed by atoms with Gasteiger partial charge in [-0.05, 0) is 19.1 Å². The summed E-state index contributed by atoms with van der Waals surface area (Å²) in [5.41, 5.74) is 1.92. The minimum Gasteiger partial charge on any atom is -0.467 e. The number of fused-ring (bicyclic) bond motifs is 2. The number of rotatable bonds is 6. The normalized spacial score (nSPS) is 20.5. The monoisotopic (exact) mass is 454 g/mol. The van der Waals surface area contributed by atoms with Crippen LogP contribution in [0.15, 0.2) is 48.5 Å². The third kappa shape index (κ3) is 3.56. The largest absolute Gasteiger partial charge is 0.467 e. The number of hydrogen-bond acceptors (Lipinski definition) is 5. The van der Waals surface area contributed by atoms with Gasteiger partial charge >= 0.3 is 5.97 Å². The molecule has 0 aromatic heterocycles. The van der Waals surface area contributed by atoms with Crippen LogP contribution >= 0.6 is 11.6 Å². The number of nitrogens with one attached hydrogen (secondary N) is 2. The highest BCUT2D eigenvalue weighted by atomic mass is 35.5. The van der Waals surface area contributed by atoms with Crippen molar-refractivity contribution in [2.24, 2.45) is 0 Å². The third-order valence-corrected chi connectivity index (χ3v) is 6.14. The Hall–Kier alpha value is -3.52. The van der Waals surface area contributed by atoms with Crippen LogP contribution in [0.3, 0.4) is 0 Å². The van der Waals surface area contributed by atoms with Gasteiger partial charge in [-0.15, -0.1) is 11.6 Å². The first kappa shape index (κ1) is 21.7. The summed E-state index contributed by atoms with van der Waals surface area (Å²) in [6.45, 7) is 1.46. The SMILES string of the molecule is COC(=O)[C@H](C)NC(=O)[C@@H](CC1(Cl)C=[NH+]c2ccccc21)N1C(=O)c2ccccc2C1=O. The lowest BCUT2D eigenvalue weighted by atomic mass is 9.91. The molecule has 2 aliphatic heterocycles. The first-order valence-corrected chi connectivity index (χ1v) is 10.4. The van der Waals surface area contributed by atoms with E-state index < -0.39 is 40.6 Å². The number of benzene rings is 2. The van der Waals surface area contributed by atoms with Crippen molar-refractivity contribution in [3.63, 3.8) is 0 Å². The Bertz CT molecular complexity index is 1130.